The van der Waals surface area contributed by atoms with E-state index in [4.69, 9.17) is 16.2 Å². The summed E-state index contributed by atoms with van der Waals surface area (Å²) >= 11 is 0. The molecule has 11 nitrogen and oxygen atoms in total. The van der Waals surface area contributed by atoms with Crippen LogP contribution in [0.15, 0.2) is 24.3 Å². The van der Waals surface area contributed by atoms with Gasteiger partial charge in [0.25, 0.3) is 5.91 Å². The lowest BCUT2D eigenvalue weighted by Crippen LogP contribution is -2.49. The molecule has 11 heteroatoms. The van der Waals surface area contributed by atoms with Crippen LogP contribution in [0, 0.1) is 11.8 Å². The molecule has 3 fully saturated rings. The Labute approximate surface area is 245 Å². The largest absolute Gasteiger partial charge is 0.496 e. The van der Waals surface area contributed by atoms with Gasteiger partial charge < -0.3 is 31.4 Å². The Bertz CT molecular complexity index is 1380. The van der Waals surface area contributed by atoms with Gasteiger partial charge in [-0.2, -0.15) is 0 Å². The molecular formula is C31H41N5O6. The summed E-state index contributed by atoms with van der Waals surface area (Å²) in [6.45, 7) is 0. The predicted molar refractivity (Wildman–Crippen MR) is 155 cm³/mol. The van der Waals surface area contributed by atoms with Gasteiger partial charge in [-0.05, 0) is 56.2 Å². The number of ether oxygens (including phenoxy) is 1. The molecule has 1 aromatic heterocycles. The van der Waals surface area contributed by atoms with Crippen molar-refractivity contribution in [3.63, 3.8) is 0 Å². The summed E-state index contributed by atoms with van der Waals surface area (Å²) in [5.74, 6) is -1.60. The molecule has 4 amide bonds. The van der Waals surface area contributed by atoms with Crippen molar-refractivity contribution in [1.82, 2.24) is 15.2 Å². The van der Waals surface area contributed by atoms with E-state index in [0.717, 1.165) is 32.1 Å². The minimum atomic E-state index is -1.09. The van der Waals surface area contributed by atoms with Crippen molar-refractivity contribution in [2.75, 3.05) is 7.11 Å². The van der Waals surface area contributed by atoms with Crippen molar-refractivity contribution in [2.24, 2.45) is 23.3 Å². The summed E-state index contributed by atoms with van der Waals surface area (Å²) in [4.78, 5) is 64.2. The number of nitrogens with zero attached hydrogens (tertiary/aromatic N) is 1. The van der Waals surface area contributed by atoms with Gasteiger partial charge >= 0.3 is 0 Å². The quantitative estimate of drug-likeness (QED) is 0.336. The average molecular weight is 580 g/mol. The van der Waals surface area contributed by atoms with E-state index in [1.807, 2.05) is 6.07 Å². The fraction of sp³-hybridized carbons (Fsp3) is 0.581. The van der Waals surface area contributed by atoms with Crippen LogP contribution in [-0.4, -0.2) is 52.7 Å². The average Bonchev–Trinajstić information content (AvgIpc) is 3.51. The zero-order chi connectivity index (χ0) is 30.0. The molecular weight excluding hydrogens is 538 g/mol. The first-order chi connectivity index (χ1) is 20.1. The Morgan fingerprint density at radius 1 is 1.10 bits per heavy atom. The molecule has 1 aromatic carbocycles. The molecule has 3 aliphatic rings. The Hall–Kier alpha value is -3.89. The zero-order valence-electron chi connectivity index (χ0n) is 24.2. The molecule has 1 aliphatic heterocycles. The number of primary amides is 2. The van der Waals surface area contributed by atoms with Crippen LogP contribution in [-0.2, 0) is 19.2 Å². The van der Waals surface area contributed by atoms with E-state index < -0.39 is 41.3 Å². The normalized spacial score (nSPS) is 22.1. The number of benzene rings is 1. The smallest absolute Gasteiger partial charge is 0.265 e. The van der Waals surface area contributed by atoms with Gasteiger partial charge in [0.1, 0.15) is 29.3 Å². The predicted octanol–water partition coefficient (Wildman–Crippen LogP) is 2.64. The minimum absolute atomic E-state index is 0.0572. The van der Waals surface area contributed by atoms with E-state index in [2.05, 4.69) is 10.6 Å². The van der Waals surface area contributed by atoms with E-state index in [9.17, 15) is 24.0 Å². The molecule has 6 N–H and O–H groups in total. The number of amides is 4. The van der Waals surface area contributed by atoms with E-state index in [0.29, 0.717) is 55.2 Å². The van der Waals surface area contributed by atoms with Crippen LogP contribution < -0.4 is 26.8 Å². The fourth-order valence-electron chi connectivity index (χ4n) is 7.30. The molecule has 5 rings (SSSR count). The van der Waals surface area contributed by atoms with Crippen molar-refractivity contribution in [3.05, 3.63) is 30.0 Å². The number of nitrogens with two attached hydrogens (primary N) is 2. The molecule has 1 saturated heterocycles. The summed E-state index contributed by atoms with van der Waals surface area (Å²) in [6, 6.07) is 5.09. The minimum Gasteiger partial charge on any atom is -0.496 e. The zero-order valence-corrected chi connectivity index (χ0v) is 24.2. The lowest BCUT2D eigenvalue weighted by atomic mass is 9.77. The molecule has 3 atom stereocenters. The maximum absolute atomic E-state index is 14.1. The highest BCUT2D eigenvalue weighted by Crippen LogP contribution is 2.39. The van der Waals surface area contributed by atoms with Gasteiger partial charge in [-0.25, -0.2) is 0 Å². The second kappa shape index (κ2) is 12.1. The molecule has 42 heavy (non-hydrogen) atoms. The number of hydrogen-bond donors (Lipinski definition) is 4. The molecule has 2 aliphatic carbocycles. The summed E-state index contributed by atoms with van der Waals surface area (Å²) in [6.07, 6.45) is 8.19. The highest BCUT2D eigenvalue weighted by atomic mass is 16.5. The van der Waals surface area contributed by atoms with E-state index >= 15 is 0 Å². The topological polar surface area (TPSA) is 176 Å². The maximum Gasteiger partial charge on any atom is 0.265 e. The number of nitrogens with one attached hydrogen (secondary N) is 2. The number of Topliss-reactive ketones (excluding diaryl/α,β-unsaturated/α-hetero) is 1. The van der Waals surface area contributed by atoms with Crippen LogP contribution >= 0.6 is 0 Å². The highest BCUT2D eigenvalue weighted by molar-refractivity contribution is 6.01. The van der Waals surface area contributed by atoms with Crippen molar-refractivity contribution < 1.29 is 28.7 Å². The number of rotatable bonds is 10. The van der Waals surface area contributed by atoms with Gasteiger partial charge in [-0.15, -0.1) is 0 Å². The van der Waals surface area contributed by atoms with Gasteiger partial charge in [0.2, 0.25) is 17.7 Å². The van der Waals surface area contributed by atoms with Crippen LogP contribution in [0.1, 0.15) is 93.6 Å². The number of carbonyl (C=O) groups excluding carboxylic acids is 5. The van der Waals surface area contributed by atoms with Crippen molar-refractivity contribution in [3.8, 4) is 5.75 Å². The van der Waals surface area contributed by atoms with Crippen LogP contribution in [0.3, 0.4) is 0 Å². The van der Waals surface area contributed by atoms with Crippen LogP contribution in [0.5, 0.6) is 5.75 Å². The molecule has 2 saturated carbocycles. The van der Waals surface area contributed by atoms with E-state index in [1.54, 1.807) is 22.8 Å². The molecule has 2 heterocycles. The SMILES string of the molecule is COc1cccc2c1cc(C(N)=O)n2[C@@H](CC1CCCCC1)C(=O)N[C@@H](C[C@@H]1CC2(CCC(=O)CC2)NC1=O)C(N)=O. The summed E-state index contributed by atoms with van der Waals surface area (Å²) < 4.78 is 7.18. The summed E-state index contributed by atoms with van der Waals surface area (Å²) in [7, 11) is 1.54. The van der Waals surface area contributed by atoms with Gasteiger partial charge in [-0.1, -0.05) is 38.2 Å². The number of aromatic nitrogens is 1. The number of methoxy groups -OCH3 is 1. The maximum atomic E-state index is 14.1. The van der Waals surface area contributed by atoms with Crippen molar-refractivity contribution in [1.29, 1.82) is 0 Å². The first kappa shape index (κ1) is 29.6. The monoisotopic (exact) mass is 579 g/mol. The Balaban J connectivity index is 1.43. The molecule has 2 aromatic rings. The first-order valence-electron chi connectivity index (χ1n) is 15.0. The highest BCUT2D eigenvalue weighted by Gasteiger charge is 2.47. The lowest BCUT2D eigenvalue weighted by Gasteiger charge is -2.32. The van der Waals surface area contributed by atoms with E-state index in [1.165, 1.54) is 7.11 Å². The lowest BCUT2D eigenvalue weighted by molar-refractivity contribution is -0.131. The molecule has 0 unspecified atom stereocenters. The Morgan fingerprint density at radius 3 is 2.45 bits per heavy atom. The van der Waals surface area contributed by atoms with Gasteiger partial charge in [-0.3, -0.25) is 24.0 Å². The molecule has 226 valence electrons. The van der Waals surface area contributed by atoms with Gasteiger partial charge in [0.15, 0.2) is 0 Å². The van der Waals surface area contributed by atoms with Crippen LogP contribution in [0.25, 0.3) is 10.9 Å². The third-order valence-electron chi connectivity index (χ3n) is 9.55. The molecule has 0 radical (unpaired) electrons. The molecule has 0 bridgehead atoms. The third-order valence-corrected chi connectivity index (χ3v) is 9.55. The standard InChI is InChI=1S/C31H41N5O6/c1-42-26-9-5-8-23-21(26)16-24(28(33)39)36(23)25(14-18-6-3-2-4-7-18)30(41)34-22(27(32)38)15-19-17-31(35-29(19)40)12-10-20(37)11-13-31/h5,8-9,16,18-19,22,25H,2-4,6-7,10-15,17H2,1H3,(H2,32,38)(H2,33,39)(H,34,41)(H,35,40)/t19-,22+,25+/m1/s1. The number of fused-ring (bicyclic) bond motifs is 1. The van der Waals surface area contributed by atoms with Crippen molar-refractivity contribution in [2.45, 2.75) is 94.7 Å². The summed E-state index contributed by atoms with van der Waals surface area (Å²) in [5.41, 5.74) is 11.9. The second-order valence-corrected chi connectivity index (χ2v) is 12.3. The Morgan fingerprint density at radius 2 is 1.81 bits per heavy atom. The van der Waals surface area contributed by atoms with Crippen LogP contribution in [0.2, 0.25) is 0 Å². The first-order valence-corrected chi connectivity index (χ1v) is 15.0. The fourth-order valence-corrected chi connectivity index (χ4v) is 7.30. The van der Waals surface area contributed by atoms with Crippen LogP contribution in [0.4, 0.5) is 0 Å². The van der Waals surface area contributed by atoms with Gasteiger partial charge in [0.05, 0.1) is 12.6 Å². The third kappa shape index (κ3) is 6.00. The number of carbonyl (C=O) groups is 5. The van der Waals surface area contributed by atoms with Gasteiger partial charge in [0, 0.05) is 29.7 Å². The Kier molecular flexibility index (Phi) is 8.56. The van der Waals surface area contributed by atoms with E-state index in [-0.39, 0.29) is 29.7 Å². The number of hydrogen-bond acceptors (Lipinski definition) is 6. The molecule has 1 spiro atoms. The number of ketones is 1. The summed E-state index contributed by atoms with van der Waals surface area (Å²) in [5, 5.41) is 6.57. The second-order valence-electron chi connectivity index (χ2n) is 12.3. The van der Waals surface area contributed by atoms with Crippen molar-refractivity contribution >= 4 is 40.3 Å².